The van der Waals surface area contributed by atoms with E-state index >= 15 is 0 Å². The van der Waals surface area contributed by atoms with Gasteiger partial charge in [0.25, 0.3) is 0 Å². The molecule has 2 saturated carbocycles. The Hall–Kier alpha value is -1.10. The van der Waals surface area contributed by atoms with Gasteiger partial charge in [0.15, 0.2) is 0 Å². The summed E-state index contributed by atoms with van der Waals surface area (Å²) >= 11 is 0. The van der Waals surface area contributed by atoms with Crippen molar-refractivity contribution in [1.29, 1.82) is 0 Å². The zero-order chi connectivity index (χ0) is 17.9. The SMILES string of the molecule is CCOC1CC(N)(C(=O)N2CC3(CCCC3)c3ccccc32)C1(C)C.Cl. The number of nitrogens with zero attached hydrogens (tertiary/aromatic N) is 1. The zero-order valence-electron chi connectivity index (χ0n) is 16.1. The van der Waals surface area contributed by atoms with Gasteiger partial charge in [-0.15, -0.1) is 12.4 Å². The van der Waals surface area contributed by atoms with Gasteiger partial charge in [0.2, 0.25) is 5.91 Å². The maximum atomic E-state index is 13.6. The summed E-state index contributed by atoms with van der Waals surface area (Å²) < 4.78 is 5.81. The number of rotatable bonds is 3. The minimum absolute atomic E-state index is 0. The van der Waals surface area contributed by atoms with Crippen LogP contribution in [0.5, 0.6) is 0 Å². The molecule has 2 fully saturated rings. The molecule has 144 valence electrons. The molecule has 1 spiro atoms. The highest BCUT2D eigenvalue weighted by molar-refractivity contribution is 6.03. The summed E-state index contributed by atoms with van der Waals surface area (Å²) in [6, 6.07) is 8.44. The number of hydrogen-bond acceptors (Lipinski definition) is 3. The molecule has 2 unspecified atom stereocenters. The number of carbonyl (C=O) groups excluding carboxylic acids is 1. The van der Waals surface area contributed by atoms with Crippen LogP contribution >= 0.6 is 12.4 Å². The highest BCUT2D eigenvalue weighted by atomic mass is 35.5. The van der Waals surface area contributed by atoms with Gasteiger partial charge in [0.05, 0.1) is 6.10 Å². The topological polar surface area (TPSA) is 55.6 Å². The van der Waals surface area contributed by atoms with E-state index in [0.717, 1.165) is 12.2 Å². The molecule has 4 nitrogen and oxygen atoms in total. The van der Waals surface area contributed by atoms with Gasteiger partial charge in [-0.05, 0) is 31.4 Å². The van der Waals surface area contributed by atoms with Crippen LogP contribution in [0.25, 0.3) is 0 Å². The van der Waals surface area contributed by atoms with Crippen LogP contribution in [0.3, 0.4) is 0 Å². The van der Waals surface area contributed by atoms with Gasteiger partial charge < -0.3 is 15.4 Å². The van der Waals surface area contributed by atoms with Crippen molar-refractivity contribution in [3.05, 3.63) is 29.8 Å². The van der Waals surface area contributed by atoms with Crippen LogP contribution in [-0.2, 0) is 14.9 Å². The first-order valence-corrected chi connectivity index (χ1v) is 9.68. The van der Waals surface area contributed by atoms with Crippen molar-refractivity contribution < 1.29 is 9.53 Å². The van der Waals surface area contributed by atoms with E-state index in [2.05, 4.69) is 32.0 Å². The largest absolute Gasteiger partial charge is 0.378 e. The molecule has 0 radical (unpaired) electrons. The number of anilines is 1. The smallest absolute Gasteiger partial charge is 0.247 e. The Kier molecular flexibility index (Phi) is 4.92. The molecule has 2 aliphatic carbocycles. The number of fused-ring (bicyclic) bond motifs is 2. The predicted molar refractivity (Wildman–Crippen MR) is 107 cm³/mol. The minimum Gasteiger partial charge on any atom is -0.378 e. The van der Waals surface area contributed by atoms with Crippen LogP contribution in [-0.4, -0.2) is 30.7 Å². The molecule has 1 aromatic carbocycles. The Morgan fingerprint density at radius 3 is 2.54 bits per heavy atom. The van der Waals surface area contributed by atoms with Crippen LogP contribution in [0.2, 0.25) is 0 Å². The Morgan fingerprint density at radius 1 is 1.27 bits per heavy atom. The monoisotopic (exact) mass is 378 g/mol. The highest BCUT2D eigenvalue weighted by Crippen LogP contribution is 2.54. The van der Waals surface area contributed by atoms with Gasteiger partial charge in [0.1, 0.15) is 5.54 Å². The van der Waals surface area contributed by atoms with Gasteiger partial charge in [0, 0.05) is 36.1 Å². The number of halogens is 1. The Morgan fingerprint density at radius 2 is 1.92 bits per heavy atom. The maximum absolute atomic E-state index is 13.6. The Labute approximate surface area is 162 Å². The fourth-order valence-corrected chi connectivity index (χ4v) is 5.33. The summed E-state index contributed by atoms with van der Waals surface area (Å²) in [5.74, 6) is 0.0738. The van der Waals surface area contributed by atoms with E-state index in [1.807, 2.05) is 17.9 Å². The quantitative estimate of drug-likeness (QED) is 0.870. The normalized spacial score (nSPS) is 30.6. The molecular formula is C21H31ClN2O2. The van der Waals surface area contributed by atoms with Gasteiger partial charge in [-0.3, -0.25) is 4.79 Å². The molecule has 0 aromatic heterocycles. The van der Waals surface area contributed by atoms with Gasteiger partial charge in [-0.2, -0.15) is 0 Å². The average molecular weight is 379 g/mol. The van der Waals surface area contributed by atoms with E-state index in [0.29, 0.717) is 13.0 Å². The van der Waals surface area contributed by atoms with Crippen molar-refractivity contribution in [2.24, 2.45) is 11.1 Å². The van der Waals surface area contributed by atoms with Gasteiger partial charge in [-0.1, -0.05) is 44.9 Å². The number of amides is 1. The van der Waals surface area contributed by atoms with E-state index in [1.54, 1.807) is 0 Å². The number of hydrogen-bond donors (Lipinski definition) is 1. The average Bonchev–Trinajstić information content (AvgIpc) is 3.20. The predicted octanol–water partition coefficient (Wildman–Crippen LogP) is 3.80. The third-order valence-corrected chi connectivity index (χ3v) is 7.24. The molecule has 0 bridgehead atoms. The van der Waals surface area contributed by atoms with Crippen molar-refractivity contribution in [2.75, 3.05) is 18.1 Å². The highest BCUT2D eigenvalue weighted by Gasteiger charge is 2.65. The zero-order valence-corrected chi connectivity index (χ0v) is 16.9. The molecule has 3 aliphatic rings. The van der Waals surface area contributed by atoms with Crippen molar-refractivity contribution in [3.63, 3.8) is 0 Å². The Balaban J connectivity index is 0.00000196. The molecule has 5 heteroatoms. The standard InChI is InChI=1S/C21H30N2O2.ClH/c1-4-25-17-13-21(22,19(17,2)3)18(24)23-14-20(11-7-8-12-20)15-9-5-6-10-16(15)23;/h5-6,9-10,17H,4,7-8,11-14,22H2,1-3H3;1H. The molecule has 1 aliphatic heterocycles. The number of carbonyl (C=O) groups is 1. The lowest BCUT2D eigenvalue weighted by atomic mass is 9.54. The molecule has 0 saturated heterocycles. The van der Waals surface area contributed by atoms with E-state index < -0.39 is 5.54 Å². The van der Waals surface area contributed by atoms with E-state index in [1.165, 1.54) is 31.2 Å². The first kappa shape index (κ1) is 19.7. The fraction of sp³-hybridized carbons (Fsp3) is 0.667. The number of benzene rings is 1. The lowest BCUT2D eigenvalue weighted by molar-refractivity contribution is -0.168. The van der Waals surface area contributed by atoms with Gasteiger partial charge in [-0.25, -0.2) is 0 Å². The molecule has 1 heterocycles. The van der Waals surface area contributed by atoms with Gasteiger partial charge >= 0.3 is 0 Å². The number of ether oxygens (including phenoxy) is 1. The lowest BCUT2D eigenvalue weighted by Gasteiger charge is -2.58. The summed E-state index contributed by atoms with van der Waals surface area (Å²) in [6.07, 6.45) is 5.53. The minimum atomic E-state index is -0.843. The number of para-hydroxylation sites is 1. The second kappa shape index (κ2) is 6.50. The van der Waals surface area contributed by atoms with Crippen molar-refractivity contribution in [2.45, 2.75) is 69.9 Å². The van der Waals surface area contributed by atoms with E-state index in [-0.39, 0.29) is 35.2 Å². The molecular weight excluding hydrogens is 348 g/mol. The van der Waals surface area contributed by atoms with E-state index in [4.69, 9.17) is 10.5 Å². The molecule has 26 heavy (non-hydrogen) atoms. The van der Waals surface area contributed by atoms with E-state index in [9.17, 15) is 4.79 Å². The maximum Gasteiger partial charge on any atom is 0.247 e. The van der Waals surface area contributed by atoms with Crippen molar-refractivity contribution in [1.82, 2.24) is 0 Å². The summed E-state index contributed by atoms with van der Waals surface area (Å²) in [4.78, 5) is 15.6. The van der Waals surface area contributed by atoms with Crippen LogP contribution < -0.4 is 10.6 Å². The molecule has 2 N–H and O–H groups in total. The second-order valence-electron chi connectivity index (χ2n) is 8.74. The van der Waals surface area contributed by atoms with Crippen LogP contribution in [0.15, 0.2) is 24.3 Å². The molecule has 1 amide bonds. The van der Waals surface area contributed by atoms with Crippen LogP contribution in [0.1, 0.15) is 58.4 Å². The van der Waals surface area contributed by atoms with Crippen LogP contribution in [0.4, 0.5) is 5.69 Å². The third kappa shape index (κ3) is 2.45. The molecule has 2 atom stereocenters. The Bertz CT molecular complexity index is 699. The third-order valence-electron chi connectivity index (χ3n) is 7.24. The molecule has 1 aromatic rings. The lowest BCUT2D eigenvalue weighted by Crippen LogP contribution is -2.76. The summed E-state index contributed by atoms with van der Waals surface area (Å²) in [5, 5.41) is 0. The first-order chi connectivity index (χ1) is 11.9. The molecule has 4 rings (SSSR count). The second-order valence-corrected chi connectivity index (χ2v) is 8.74. The summed E-state index contributed by atoms with van der Waals surface area (Å²) in [6.45, 7) is 7.59. The fourth-order valence-electron chi connectivity index (χ4n) is 5.33. The first-order valence-electron chi connectivity index (χ1n) is 9.68. The summed E-state index contributed by atoms with van der Waals surface area (Å²) in [5.41, 5.74) is 8.08. The summed E-state index contributed by atoms with van der Waals surface area (Å²) in [7, 11) is 0. The van der Waals surface area contributed by atoms with Crippen LogP contribution in [0, 0.1) is 5.41 Å². The number of nitrogens with two attached hydrogens (primary N) is 1. The van der Waals surface area contributed by atoms with Crippen molar-refractivity contribution in [3.8, 4) is 0 Å². The van der Waals surface area contributed by atoms with Crippen molar-refractivity contribution >= 4 is 24.0 Å².